The van der Waals surface area contributed by atoms with Gasteiger partial charge in [0, 0.05) is 31.2 Å². The zero-order valence-electron chi connectivity index (χ0n) is 20.8. The smallest absolute Gasteiger partial charge is 0.326 e. The summed E-state index contributed by atoms with van der Waals surface area (Å²) in [6.45, 7) is 0. The number of aliphatic carboxylic acids is 2. The number of aromatic nitrogens is 2. The summed E-state index contributed by atoms with van der Waals surface area (Å²) in [6, 6.07) is 3.06. The summed E-state index contributed by atoms with van der Waals surface area (Å²) in [5.41, 5.74) is 12.1. The predicted octanol–water partition coefficient (Wildman–Crippen LogP) is -2.20. The Morgan fingerprint density at radius 1 is 0.872 bits per heavy atom. The Morgan fingerprint density at radius 3 is 2.05 bits per heavy atom. The quantitative estimate of drug-likeness (QED) is 0.113. The highest BCUT2D eigenvalue weighted by atomic mass is 16.4. The number of carboxylic acid groups (broad SMARTS) is 2. The predicted molar refractivity (Wildman–Crippen MR) is 135 cm³/mol. The lowest BCUT2D eigenvalue weighted by molar-refractivity contribution is -0.142. The highest BCUT2D eigenvalue weighted by molar-refractivity contribution is 5.96. The minimum Gasteiger partial charge on any atom is -0.481 e. The number of H-pyrrole nitrogens is 1. The molecule has 4 unspecified atom stereocenters. The van der Waals surface area contributed by atoms with Gasteiger partial charge in [-0.1, -0.05) is 30.3 Å². The molecule has 10 N–H and O–H groups in total. The van der Waals surface area contributed by atoms with Gasteiger partial charge in [0.25, 0.3) is 0 Å². The van der Waals surface area contributed by atoms with Gasteiger partial charge in [0.1, 0.15) is 18.1 Å². The fourth-order valence-electron chi connectivity index (χ4n) is 3.52. The van der Waals surface area contributed by atoms with Crippen molar-refractivity contribution in [3.8, 4) is 0 Å². The molecule has 0 aliphatic carbocycles. The molecule has 0 bridgehead atoms. The second kappa shape index (κ2) is 14.8. The molecule has 15 nitrogen and oxygen atoms in total. The molecule has 2 rings (SSSR count). The van der Waals surface area contributed by atoms with E-state index in [9.17, 15) is 33.9 Å². The zero-order chi connectivity index (χ0) is 28.9. The fraction of sp³-hybridized carbons (Fsp3) is 0.375. The number of carbonyl (C=O) groups is 6. The lowest BCUT2D eigenvalue weighted by Crippen LogP contribution is -2.58. The van der Waals surface area contributed by atoms with E-state index < -0.39 is 66.2 Å². The Hall–Kier alpha value is -4.79. The first kappa shape index (κ1) is 30.4. The molecule has 0 spiro atoms. The third-order valence-electron chi connectivity index (χ3n) is 5.55. The Morgan fingerprint density at radius 2 is 1.49 bits per heavy atom. The minimum atomic E-state index is -1.56. The number of nitrogens with two attached hydrogens (primary N) is 2. The molecule has 2 aromatic rings. The molecule has 0 saturated carbocycles. The molecule has 15 heteroatoms. The van der Waals surface area contributed by atoms with Crippen molar-refractivity contribution in [2.45, 2.75) is 56.3 Å². The lowest BCUT2D eigenvalue weighted by Gasteiger charge is -2.25. The molecule has 0 aliphatic rings. The maximum atomic E-state index is 13.2. The number of primary amides is 1. The second-order valence-electron chi connectivity index (χ2n) is 8.70. The maximum absolute atomic E-state index is 13.2. The Labute approximate surface area is 222 Å². The van der Waals surface area contributed by atoms with Crippen molar-refractivity contribution in [2.75, 3.05) is 0 Å². The van der Waals surface area contributed by atoms with Gasteiger partial charge in [0.15, 0.2) is 0 Å². The number of nitrogens with one attached hydrogen (secondary N) is 4. The van der Waals surface area contributed by atoms with Crippen LogP contribution < -0.4 is 27.4 Å². The van der Waals surface area contributed by atoms with Gasteiger partial charge in [-0.15, -0.1) is 0 Å². The molecule has 1 aromatic heterocycles. The highest BCUT2D eigenvalue weighted by Gasteiger charge is 2.31. The van der Waals surface area contributed by atoms with Crippen molar-refractivity contribution < 1.29 is 39.0 Å². The van der Waals surface area contributed by atoms with Gasteiger partial charge in [-0.2, -0.15) is 0 Å². The molecule has 1 heterocycles. The minimum absolute atomic E-state index is 0.0352. The topological polar surface area (TPSA) is 260 Å². The Kier molecular flexibility index (Phi) is 11.6. The van der Waals surface area contributed by atoms with Crippen LogP contribution in [0.3, 0.4) is 0 Å². The number of aromatic amines is 1. The van der Waals surface area contributed by atoms with Gasteiger partial charge in [-0.25, -0.2) is 9.78 Å². The van der Waals surface area contributed by atoms with Crippen LogP contribution in [0.5, 0.6) is 0 Å². The molecule has 4 atom stereocenters. The van der Waals surface area contributed by atoms with Gasteiger partial charge in [-0.05, 0) is 12.0 Å². The van der Waals surface area contributed by atoms with Crippen LogP contribution in [0.15, 0.2) is 42.9 Å². The van der Waals surface area contributed by atoms with Crippen LogP contribution in [0.2, 0.25) is 0 Å². The van der Waals surface area contributed by atoms with Crippen molar-refractivity contribution in [1.82, 2.24) is 25.9 Å². The van der Waals surface area contributed by atoms with Crippen LogP contribution >= 0.6 is 0 Å². The van der Waals surface area contributed by atoms with Gasteiger partial charge in [-0.3, -0.25) is 24.0 Å². The molecule has 0 radical (unpaired) electrons. The van der Waals surface area contributed by atoms with E-state index in [1.165, 1.54) is 12.5 Å². The number of nitrogens with zero attached hydrogens (tertiary/aromatic N) is 1. The first-order chi connectivity index (χ1) is 18.5. The van der Waals surface area contributed by atoms with E-state index in [0.717, 1.165) is 0 Å². The lowest BCUT2D eigenvalue weighted by atomic mass is 10.0. The third-order valence-corrected chi connectivity index (χ3v) is 5.55. The van der Waals surface area contributed by atoms with Crippen molar-refractivity contribution in [3.63, 3.8) is 0 Å². The molecule has 1 aromatic carbocycles. The normalized spacial score (nSPS) is 13.8. The van der Waals surface area contributed by atoms with Gasteiger partial charge in [0.05, 0.1) is 18.8 Å². The summed E-state index contributed by atoms with van der Waals surface area (Å²) in [6.07, 6.45) is 1.32. The van der Waals surface area contributed by atoms with E-state index in [4.69, 9.17) is 16.6 Å². The number of hydrogen-bond acceptors (Lipinski definition) is 8. The van der Waals surface area contributed by atoms with Crippen LogP contribution in [0.25, 0.3) is 0 Å². The summed E-state index contributed by atoms with van der Waals surface area (Å²) in [5, 5.41) is 25.4. The molecule has 0 aliphatic heterocycles. The molecule has 0 fully saturated rings. The first-order valence-corrected chi connectivity index (χ1v) is 11.9. The first-order valence-electron chi connectivity index (χ1n) is 11.9. The number of imidazole rings is 1. The van der Waals surface area contributed by atoms with Crippen LogP contribution in [-0.4, -0.2) is 79.9 Å². The highest BCUT2D eigenvalue weighted by Crippen LogP contribution is 2.07. The van der Waals surface area contributed by atoms with Crippen LogP contribution in [0, 0.1) is 0 Å². The number of carboxylic acids is 2. The van der Waals surface area contributed by atoms with Crippen molar-refractivity contribution in [3.05, 3.63) is 54.1 Å². The Balaban J connectivity index is 2.20. The van der Waals surface area contributed by atoms with Crippen molar-refractivity contribution in [2.24, 2.45) is 11.5 Å². The summed E-state index contributed by atoms with van der Waals surface area (Å²) in [7, 11) is 0. The Bertz CT molecular complexity index is 1160. The van der Waals surface area contributed by atoms with Crippen LogP contribution in [0.1, 0.15) is 30.5 Å². The number of rotatable bonds is 16. The molecule has 39 heavy (non-hydrogen) atoms. The molecule has 4 amide bonds. The zero-order valence-corrected chi connectivity index (χ0v) is 20.8. The molecule has 0 saturated heterocycles. The number of amides is 4. The summed E-state index contributed by atoms with van der Waals surface area (Å²) < 4.78 is 0. The van der Waals surface area contributed by atoms with Gasteiger partial charge >= 0.3 is 11.9 Å². The molecule has 210 valence electrons. The van der Waals surface area contributed by atoms with Crippen molar-refractivity contribution >= 4 is 35.6 Å². The monoisotopic (exact) mass is 545 g/mol. The largest absolute Gasteiger partial charge is 0.481 e. The van der Waals surface area contributed by atoms with E-state index in [1.54, 1.807) is 30.3 Å². The SMILES string of the molecule is NC(=O)CC(NC(=O)C(Cc1ccccc1)NC(=O)C(N)CCC(=O)O)C(=O)NC(Cc1cnc[nH]1)C(=O)O. The second-order valence-corrected chi connectivity index (χ2v) is 8.70. The summed E-state index contributed by atoms with van der Waals surface area (Å²) >= 11 is 0. The standard InChI is InChI=1S/C24H31N7O8/c25-15(6-7-20(33)34)21(35)29-16(8-13-4-2-1-3-5-13)22(36)30-17(10-19(26)32)23(37)31-18(24(38)39)9-14-11-27-12-28-14/h1-5,11-12,15-18H,6-10,25H2,(H2,26,32)(H,27,28)(H,29,35)(H,30,36)(H,31,37)(H,33,34)(H,38,39). The fourth-order valence-corrected chi connectivity index (χ4v) is 3.52. The van der Waals surface area contributed by atoms with Gasteiger partial charge in [0.2, 0.25) is 23.6 Å². The van der Waals surface area contributed by atoms with E-state index in [-0.39, 0.29) is 25.7 Å². The summed E-state index contributed by atoms with van der Waals surface area (Å²) in [4.78, 5) is 79.4. The average molecular weight is 546 g/mol. The van der Waals surface area contributed by atoms with E-state index >= 15 is 0 Å². The number of hydrogen-bond donors (Lipinski definition) is 8. The number of benzene rings is 1. The number of carbonyl (C=O) groups excluding carboxylic acids is 4. The van der Waals surface area contributed by atoms with Crippen LogP contribution in [0.4, 0.5) is 0 Å². The maximum Gasteiger partial charge on any atom is 0.326 e. The average Bonchev–Trinajstić information content (AvgIpc) is 3.39. The third kappa shape index (κ3) is 10.6. The molecular formula is C24H31N7O8. The molecular weight excluding hydrogens is 514 g/mol. The summed E-state index contributed by atoms with van der Waals surface area (Å²) in [5.74, 6) is -6.13. The van der Waals surface area contributed by atoms with E-state index in [2.05, 4.69) is 25.9 Å². The van der Waals surface area contributed by atoms with E-state index in [0.29, 0.717) is 11.3 Å². The van der Waals surface area contributed by atoms with Crippen molar-refractivity contribution in [1.29, 1.82) is 0 Å². The van der Waals surface area contributed by atoms with E-state index in [1.807, 2.05) is 0 Å². The van der Waals surface area contributed by atoms with Gasteiger partial charge < -0.3 is 42.6 Å². The van der Waals surface area contributed by atoms with Crippen LogP contribution in [-0.2, 0) is 41.6 Å².